The van der Waals surface area contributed by atoms with Crippen LogP contribution in [0.15, 0.2) is 41.5 Å². The van der Waals surface area contributed by atoms with Gasteiger partial charge in [0.05, 0.1) is 42.8 Å². The molecule has 1 saturated heterocycles. The number of methoxy groups -OCH3 is 2. The van der Waals surface area contributed by atoms with Crippen molar-refractivity contribution in [2.24, 2.45) is 22.7 Å². The summed E-state index contributed by atoms with van der Waals surface area (Å²) in [7, 11) is 2.44. The molecule has 4 bridgehead atoms. The molecule has 1 aromatic carbocycles. The second kappa shape index (κ2) is 16.0. The number of aliphatic hydroxyl groups is 2. The van der Waals surface area contributed by atoms with Gasteiger partial charge in [-0.1, -0.05) is 39.0 Å². The first-order valence-electron chi connectivity index (χ1n) is 20.6. The molecule has 1 aliphatic heterocycles. The Bertz CT molecular complexity index is 1980. The number of carbonyl (C=O) groups excluding carboxylic acids is 6. The summed E-state index contributed by atoms with van der Waals surface area (Å²) in [5.41, 5.74) is -9.98. The number of hydrogen-bond acceptors (Lipinski definition) is 16. The fourth-order valence-electron chi connectivity index (χ4n) is 11.1. The van der Waals surface area contributed by atoms with E-state index in [2.05, 4.69) is 5.32 Å². The third-order valence-corrected chi connectivity index (χ3v) is 13.5. The molecule has 1 aromatic rings. The predicted octanol–water partition coefficient (Wildman–Crippen LogP) is 4.13. The highest BCUT2D eigenvalue weighted by molar-refractivity contribution is 5.96. The van der Waals surface area contributed by atoms with Gasteiger partial charge >= 0.3 is 30.2 Å². The molecule has 336 valence electrons. The number of nitrogens with one attached hydrogen (secondary N) is 1. The van der Waals surface area contributed by atoms with Crippen LogP contribution in [0.3, 0.4) is 0 Å². The van der Waals surface area contributed by atoms with Crippen molar-refractivity contribution in [3.63, 3.8) is 0 Å². The van der Waals surface area contributed by atoms with E-state index in [0.29, 0.717) is 0 Å². The highest BCUT2D eigenvalue weighted by Crippen LogP contribution is 2.77. The number of benzene rings is 1. The summed E-state index contributed by atoms with van der Waals surface area (Å²) in [4.78, 5) is 83.4. The Morgan fingerprint density at radius 1 is 1.02 bits per heavy atom. The smallest absolute Gasteiger partial charge is 0.456 e. The van der Waals surface area contributed by atoms with Crippen molar-refractivity contribution in [1.29, 1.82) is 0 Å². The Morgan fingerprint density at radius 3 is 2.21 bits per heavy atom. The SMILES string of the molecule is COC(=O)O[C@H]1C(=O)[C@]2(C)[C@@H](OC)C[C@H]3OC[C@@]3(OC(C)=O)[C@H]2[C@]2(OC(=O)c3ccccc3)C[C@@]3(C)C1=C(C)[C@@H](OC(=O)[C@H](O)[C@H](CC(C)C)NC(=O)OC(C)(C)C)C[C@]32O. The van der Waals surface area contributed by atoms with Gasteiger partial charge in [-0.05, 0) is 70.2 Å². The summed E-state index contributed by atoms with van der Waals surface area (Å²) in [6.07, 6.45) is -9.76. The van der Waals surface area contributed by atoms with Crippen LogP contribution in [-0.2, 0) is 52.3 Å². The van der Waals surface area contributed by atoms with Crippen molar-refractivity contribution < 1.29 is 76.9 Å². The topological polar surface area (TPSA) is 229 Å². The normalized spacial score (nSPS) is 35.9. The van der Waals surface area contributed by atoms with Gasteiger partial charge < -0.3 is 53.4 Å². The predicted molar refractivity (Wildman–Crippen MR) is 212 cm³/mol. The van der Waals surface area contributed by atoms with Crippen LogP contribution in [0.25, 0.3) is 0 Å². The van der Waals surface area contributed by atoms with Crippen molar-refractivity contribution >= 4 is 35.9 Å². The Kier molecular flexibility index (Phi) is 12.0. The second-order valence-corrected chi connectivity index (χ2v) is 18.9. The molecule has 12 atom stereocenters. The van der Waals surface area contributed by atoms with Gasteiger partial charge in [-0.25, -0.2) is 19.2 Å². The van der Waals surface area contributed by atoms with Gasteiger partial charge in [-0.3, -0.25) is 9.59 Å². The van der Waals surface area contributed by atoms with Crippen molar-refractivity contribution in [3.8, 4) is 0 Å². The van der Waals surface area contributed by atoms with Gasteiger partial charge in [0.2, 0.25) is 0 Å². The molecule has 61 heavy (non-hydrogen) atoms. The molecule has 7 rings (SSSR count). The Labute approximate surface area is 355 Å². The third kappa shape index (κ3) is 7.28. The van der Waals surface area contributed by atoms with E-state index >= 15 is 4.79 Å². The largest absolute Gasteiger partial charge is 0.509 e. The average molecular weight is 858 g/mol. The molecule has 17 heteroatoms. The van der Waals surface area contributed by atoms with Crippen LogP contribution in [0, 0.1) is 22.7 Å². The fourth-order valence-corrected chi connectivity index (χ4v) is 11.1. The summed E-state index contributed by atoms with van der Waals surface area (Å²) in [5.74, 6) is -5.09. The standard InChI is InChI=1S/C44H59NO16/c1-22(2)17-26(45-37(51)61-39(5,6)7)31(47)35(50)57-27-19-44(53)40(8)20-43(44,60-34(49)25-15-13-12-14-16-25)36-41(9,33(48)32(30(40)23(27)3)58-38(52)55-11)28(54-10)18-29-42(36,21-56-29)59-24(4)46/h12-16,22,26-29,31-32,36,47,53H,17-21H2,1-11H3,(H,45,51)/t26-,27-,28-,29+,31+,32+,36-,40-,41-,42-,43+,44-/m0/s1. The van der Waals surface area contributed by atoms with E-state index in [4.69, 9.17) is 37.9 Å². The zero-order chi connectivity index (χ0) is 45.2. The van der Waals surface area contributed by atoms with Crippen LogP contribution >= 0.6 is 0 Å². The molecule has 0 spiro atoms. The zero-order valence-electron chi connectivity index (χ0n) is 36.7. The van der Waals surface area contributed by atoms with Crippen LogP contribution in [0.2, 0.25) is 0 Å². The first kappa shape index (κ1) is 45.9. The summed E-state index contributed by atoms with van der Waals surface area (Å²) >= 11 is 0. The maximum Gasteiger partial charge on any atom is 0.509 e. The summed E-state index contributed by atoms with van der Waals surface area (Å²) < 4.78 is 47.1. The van der Waals surface area contributed by atoms with E-state index in [1.165, 1.54) is 26.2 Å². The lowest BCUT2D eigenvalue weighted by Gasteiger charge is -2.78. The number of rotatable bonds is 11. The highest BCUT2D eigenvalue weighted by atomic mass is 16.7. The molecule has 1 amide bonds. The Morgan fingerprint density at radius 2 is 1.67 bits per heavy atom. The number of amides is 1. The summed E-state index contributed by atoms with van der Waals surface area (Å²) in [6, 6.07) is 6.82. The van der Waals surface area contributed by atoms with E-state index in [1.807, 2.05) is 13.8 Å². The first-order chi connectivity index (χ1) is 28.4. The molecule has 0 aromatic heterocycles. The number of ketones is 1. The Balaban J connectivity index is 1.56. The minimum atomic E-state index is -2.28. The lowest BCUT2D eigenvalue weighted by atomic mass is 9.31. The number of fused-ring (bicyclic) bond motifs is 2. The van der Waals surface area contributed by atoms with E-state index in [1.54, 1.807) is 59.7 Å². The van der Waals surface area contributed by atoms with Crippen molar-refractivity contribution in [3.05, 3.63) is 47.0 Å². The van der Waals surface area contributed by atoms with E-state index in [-0.39, 0.29) is 48.5 Å². The van der Waals surface area contributed by atoms with Crippen LogP contribution in [0.1, 0.15) is 98.4 Å². The maximum absolute atomic E-state index is 15.7. The average Bonchev–Trinajstić information content (AvgIpc) is 3.16. The van der Waals surface area contributed by atoms with Crippen LogP contribution in [0.4, 0.5) is 9.59 Å². The highest BCUT2D eigenvalue weighted by Gasteiger charge is 2.89. The van der Waals surface area contributed by atoms with Crippen LogP contribution < -0.4 is 5.32 Å². The van der Waals surface area contributed by atoms with Gasteiger partial charge in [0, 0.05) is 38.7 Å². The van der Waals surface area contributed by atoms with Crippen LogP contribution in [-0.4, -0.2) is 126 Å². The molecule has 5 fully saturated rings. The number of esters is 3. The molecular formula is C44H59NO16. The van der Waals surface area contributed by atoms with Crippen molar-refractivity contribution in [1.82, 2.24) is 5.32 Å². The van der Waals surface area contributed by atoms with Crippen molar-refractivity contribution in [2.45, 2.75) is 147 Å². The molecule has 4 saturated carbocycles. The lowest BCUT2D eigenvalue weighted by Crippen LogP contribution is -2.91. The summed E-state index contributed by atoms with van der Waals surface area (Å²) in [5, 5.41) is 27.9. The van der Waals surface area contributed by atoms with Gasteiger partial charge in [-0.15, -0.1) is 0 Å². The number of Topliss-reactive ketones (excluding diaryl/α,β-unsaturated/α-hetero) is 1. The Hall–Kier alpha value is -4.58. The number of aliphatic hydroxyl groups excluding tert-OH is 1. The monoisotopic (exact) mass is 857 g/mol. The molecule has 0 unspecified atom stereocenters. The maximum atomic E-state index is 15.7. The number of carbonyl (C=O) groups is 6. The van der Waals surface area contributed by atoms with Crippen LogP contribution in [0.5, 0.6) is 0 Å². The lowest BCUT2D eigenvalue weighted by molar-refractivity contribution is -0.404. The van der Waals surface area contributed by atoms with E-state index < -0.39 is 118 Å². The second-order valence-electron chi connectivity index (χ2n) is 18.9. The van der Waals surface area contributed by atoms with E-state index in [9.17, 15) is 34.2 Å². The third-order valence-electron chi connectivity index (χ3n) is 13.5. The zero-order valence-corrected chi connectivity index (χ0v) is 36.7. The van der Waals surface area contributed by atoms with Gasteiger partial charge in [0.25, 0.3) is 0 Å². The molecule has 3 N–H and O–H groups in total. The van der Waals surface area contributed by atoms with Gasteiger partial charge in [-0.2, -0.15) is 0 Å². The minimum absolute atomic E-state index is 0.0247. The van der Waals surface area contributed by atoms with Gasteiger partial charge in [0.15, 0.2) is 29.2 Å². The van der Waals surface area contributed by atoms with E-state index in [0.717, 1.165) is 7.11 Å². The first-order valence-corrected chi connectivity index (χ1v) is 20.6. The minimum Gasteiger partial charge on any atom is -0.456 e. The number of alkyl carbamates (subject to hydrolysis) is 1. The fraction of sp³-hybridized carbons (Fsp3) is 0.682. The molecular weight excluding hydrogens is 798 g/mol. The van der Waals surface area contributed by atoms with Gasteiger partial charge in [0.1, 0.15) is 23.4 Å². The molecule has 6 aliphatic rings. The molecule has 17 nitrogen and oxygen atoms in total. The molecule has 5 aliphatic carbocycles. The number of hydrogen-bond donors (Lipinski definition) is 3. The summed E-state index contributed by atoms with van der Waals surface area (Å²) in [6.45, 7) is 14.3. The quantitative estimate of drug-likeness (QED) is 0.161. The molecule has 1 heterocycles. The molecule has 0 radical (unpaired) electrons. The number of ether oxygens (including phenoxy) is 8. The van der Waals surface area contributed by atoms with Crippen molar-refractivity contribution in [2.75, 3.05) is 20.8 Å².